The second-order valence-corrected chi connectivity index (χ2v) is 12.7. The van der Waals surface area contributed by atoms with E-state index in [1.54, 1.807) is 0 Å². The zero-order valence-electron chi connectivity index (χ0n) is 23.2. The molecule has 2 atom stereocenters. The first-order valence-electron chi connectivity index (χ1n) is 13.4. The van der Waals surface area contributed by atoms with Crippen LogP contribution in [0.1, 0.15) is 81.7 Å². The van der Waals surface area contributed by atoms with Gasteiger partial charge in [0.05, 0.1) is 0 Å². The Bertz CT molecular complexity index is 1100. The summed E-state index contributed by atoms with van der Waals surface area (Å²) in [5.41, 5.74) is 6.83. The molecule has 2 N–H and O–H groups in total. The Labute approximate surface area is 229 Å². The normalized spacial score (nSPS) is 18.1. The Balaban J connectivity index is 1.50. The molecule has 1 heterocycles. The van der Waals surface area contributed by atoms with E-state index in [9.17, 15) is 0 Å². The number of rotatable bonds is 6. The number of thiocarbonyl (C=S) groups is 1. The molecule has 0 radical (unpaired) electrons. The van der Waals surface area contributed by atoms with Gasteiger partial charge in [-0.05, 0) is 50.9 Å². The van der Waals surface area contributed by atoms with Crippen molar-refractivity contribution in [2.24, 2.45) is 0 Å². The fraction of sp³-hybridized carbons (Fsp3) is 0.424. The second kappa shape index (κ2) is 11.4. The van der Waals surface area contributed by atoms with Gasteiger partial charge in [0.1, 0.15) is 6.10 Å². The molecule has 1 aliphatic heterocycles. The third-order valence-electron chi connectivity index (χ3n) is 7.35. The summed E-state index contributed by atoms with van der Waals surface area (Å²) >= 11 is 5.52. The van der Waals surface area contributed by atoms with Gasteiger partial charge >= 0.3 is 0 Å². The van der Waals surface area contributed by atoms with Crippen LogP contribution in [-0.4, -0.2) is 23.9 Å². The quantitative estimate of drug-likeness (QED) is 0.340. The van der Waals surface area contributed by atoms with Gasteiger partial charge in [-0.25, -0.2) is 0 Å². The lowest BCUT2D eigenvalue weighted by atomic mass is 9.80. The maximum Gasteiger partial charge on any atom is 0.257 e. The first-order chi connectivity index (χ1) is 17.5. The van der Waals surface area contributed by atoms with Crippen LogP contribution in [0.4, 0.5) is 0 Å². The molecule has 1 saturated heterocycles. The predicted molar refractivity (Wildman–Crippen MR) is 159 cm³/mol. The maximum atomic E-state index is 6.17. The Kier molecular flexibility index (Phi) is 8.40. The molecule has 0 amide bonds. The molecule has 0 spiro atoms. The maximum absolute atomic E-state index is 6.17. The van der Waals surface area contributed by atoms with Crippen molar-refractivity contribution >= 4 is 17.4 Å². The number of hydrogen-bond acceptors (Lipinski definition) is 3. The van der Waals surface area contributed by atoms with Crippen LogP contribution in [0.3, 0.4) is 0 Å². The van der Waals surface area contributed by atoms with Gasteiger partial charge < -0.3 is 15.4 Å². The Morgan fingerprint density at radius 3 is 1.84 bits per heavy atom. The zero-order valence-corrected chi connectivity index (χ0v) is 24.0. The minimum atomic E-state index is 0.0472. The van der Waals surface area contributed by atoms with Gasteiger partial charge in [-0.3, -0.25) is 0 Å². The van der Waals surface area contributed by atoms with Crippen molar-refractivity contribution in [2.75, 3.05) is 6.54 Å². The van der Waals surface area contributed by atoms with Crippen LogP contribution in [0.25, 0.3) is 0 Å². The fourth-order valence-electron chi connectivity index (χ4n) is 5.08. The van der Waals surface area contributed by atoms with Crippen molar-refractivity contribution in [3.05, 3.63) is 107 Å². The molecule has 0 aliphatic carbocycles. The van der Waals surface area contributed by atoms with Crippen LogP contribution in [0.5, 0.6) is 0 Å². The summed E-state index contributed by atoms with van der Waals surface area (Å²) < 4.78 is 6.17. The molecule has 4 rings (SSSR count). The second-order valence-electron chi connectivity index (χ2n) is 12.3. The molecule has 1 aliphatic rings. The molecule has 1 fully saturated rings. The molecular weight excluding hydrogens is 472 g/mol. The van der Waals surface area contributed by atoms with Crippen molar-refractivity contribution in [1.29, 1.82) is 0 Å². The van der Waals surface area contributed by atoms with E-state index in [2.05, 4.69) is 113 Å². The van der Waals surface area contributed by atoms with Gasteiger partial charge in [-0.15, -0.1) is 0 Å². The summed E-state index contributed by atoms with van der Waals surface area (Å²) in [6.07, 6.45) is 0.950. The fourth-order valence-corrected chi connectivity index (χ4v) is 5.29. The molecule has 0 aromatic heterocycles. The van der Waals surface area contributed by atoms with E-state index < -0.39 is 0 Å². The van der Waals surface area contributed by atoms with Crippen LogP contribution in [0.2, 0.25) is 0 Å². The van der Waals surface area contributed by atoms with Gasteiger partial charge in [0, 0.05) is 31.5 Å². The third kappa shape index (κ3) is 7.21. The SMILES string of the molecule is CC(C)(C)c1ccc(C(c2ccc(C(C)(C)C)cc2)[C@H]2C[C@@H](OC(=S)NCc3ccccc3)CN2)cc1. The van der Waals surface area contributed by atoms with E-state index in [1.165, 1.54) is 27.8 Å². The number of benzene rings is 3. The summed E-state index contributed by atoms with van der Waals surface area (Å²) in [7, 11) is 0. The largest absolute Gasteiger partial charge is 0.466 e. The summed E-state index contributed by atoms with van der Waals surface area (Å²) in [4.78, 5) is 0. The minimum absolute atomic E-state index is 0.0472. The highest BCUT2D eigenvalue weighted by Gasteiger charge is 2.34. The van der Waals surface area contributed by atoms with Crippen molar-refractivity contribution in [1.82, 2.24) is 10.6 Å². The monoisotopic (exact) mass is 514 g/mol. The lowest BCUT2D eigenvalue weighted by molar-refractivity contribution is 0.201. The highest BCUT2D eigenvalue weighted by molar-refractivity contribution is 7.80. The van der Waals surface area contributed by atoms with Crippen LogP contribution in [0.15, 0.2) is 78.9 Å². The molecule has 3 aromatic rings. The van der Waals surface area contributed by atoms with Gasteiger partial charge in [0.2, 0.25) is 0 Å². The summed E-state index contributed by atoms with van der Waals surface area (Å²) in [5.74, 6) is 0.238. The van der Waals surface area contributed by atoms with E-state index in [-0.39, 0.29) is 28.9 Å². The van der Waals surface area contributed by atoms with E-state index in [1.807, 2.05) is 18.2 Å². The lowest BCUT2D eigenvalue weighted by Crippen LogP contribution is -2.30. The average molecular weight is 515 g/mol. The van der Waals surface area contributed by atoms with E-state index in [4.69, 9.17) is 17.0 Å². The molecule has 4 heteroatoms. The summed E-state index contributed by atoms with van der Waals surface area (Å²) in [6.45, 7) is 15.0. The molecule has 0 bridgehead atoms. The Hall–Kier alpha value is -2.69. The van der Waals surface area contributed by atoms with Gasteiger partial charge in [-0.2, -0.15) is 0 Å². The topological polar surface area (TPSA) is 33.3 Å². The van der Waals surface area contributed by atoms with Crippen LogP contribution in [0, 0.1) is 0 Å². The molecule has 196 valence electrons. The first-order valence-corrected chi connectivity index (χ1v) is 13.8. The van der Waals surface area contributed by atoms with Crippen molar-refractivity contribution in [3.8, 4) is 0 Å². The van der Waals surface area contributed by atoms with Gasteiger partial charge in [-0.1, -0.05) is 120 Å². The zero-order chi connectivity index (χ0) is 26.6. The van der Waals surface area contributed by atoms with Crippen molar-refractivity contribution in [3.63, 3.8) is 0 Å². The summed E-state index contributed by atoms with van der Waals surface area (Å²) in [5, 5.41) is 7.48. The number of hydrogen-bond donors (Lipinski definition) is 2. The first kappa shape index (κ1) is 27.3. The predicted octanol–water partition coefficient (Wildman–Crippen LogP) is 7.24. The van der Waals surface area contributed by atoms with Crippen LogP contribution in [-0.2, 0) is 22.1 Å². The van der Waals surface area contributed by atoms with Gasteiger partial charge in [0.25, 0.3) is 5.17 Å². The van der Waals surface area contributed by atoms with Crippen molar-refractivity contribution < 1.29 is 4.74 Å². The van der Waals surface area contributed by atoms with E-state index in [0.717, 1.165) is 13.0 Å². The molecule has 0 saturated carbocycles. The molecule has 3 nitrogen and oxygen atoms in total. The number of ether oxygens (including phenoxy) is 1. The number of nitrogens with one attached hydrogen (secondary N) is 2. The molecule has 0 unspecified atom stereocenters. The standard InChI is InChI=1S/C33H42N2OS/c1-32(2,3)26-16-12-24(13-17-26)30(25-14-18-27(19-15-25)33(4,5)6)29-20-28(22-34-29)36-31(37)35-21-23-10-8-7-9-11-23/h7-19,28-30,34H,20-22H2,1-6H3,(H,35,37)/t28-,29-/m1/s1. The molecular formula is C33H42N2OS. The van der Waals surface area contributed by atoms with E-state index >= 15 is 0 Å². The van der Waals surface area contributed by atoms with E-state index in [0.29, 0.717) is 11.7 Å². The smallest absolute Gasteiger partial charge is 0.257 e. The Morgan fingerprint density at radius 1 is 0.838 bits per heavy atom. The third-order valence-corrected chi connectivity index (χ3v) is 7.59. The molecule has 37 heavy (non-hydrogen) atoms. The van der Waals surface area contributed by atoms with Crippen LogP contribution >= 0.6 is 12.2 Å². The van der Waals surface area contributed by atoms with Crippen molar-refractivity contribution in [2.45, 2.75) is 83.4 Å². The Morgan fingerprint density at radius 2 is 1.35 bits per heavy atom. The lowest BCUT2D eigenvalue weighted by Gasteiger charge is -2.27. The molecule has 3 aromatic carbocycles. The summed E-state index contributed by atoms with van der Waals surface area (Å²) in [6, 6.07) is 28.9. The minimum Gasteiger partial charge on any atom is -0.466 e. The highest BCUT2D eigenvalue weighted by atomic mass is 32.1. The highest BCUT2D eigenvalue weighted by Crippen LogP contribution is 2.35. The van der Waals surface area contributed by atoms with Gasteiger partial charge in [0.15, 0.2) is 0 Å². The van der Waals surface area contributed by atoms with Crippen LogP contribution < -0.4 is 10.6 Å². The average Bonchev–Trinajstić information content (AvgIpc) is 3.31.